The minimum absolute atomic E-state index is 0.0213. The zero-order chi connectivity index (χ0) is 31.4. The third-order valence-electron chi connectivity index (χ3n) is 8.10. The van der Waals surface area contributed by atoms with Gasteiger partial charge in [-0.25, -0.2) is 22.8 Å². The fourth-order valence-electron chi connectivity index (χ4n) is 5.49. The Morgan fingerprint density at radius 3 is 2.64 bits per heavy atom. The highest BCUT2D eigenvalue weighted by atomic mass is 32.2. The Balaban J connectivity index is 1.14. The number of halogens is 1. The zero-order valence-corrected chi connectivity index (χ0v) is 25.4. The molecule has 3 heterocycles. The van der Waals surface area contributed by atoms with Gasteiger partial charge in [-0.3, -0.25) is 5.41 Å². The molecule has 7 N–H and O–H groups in total. The minimum Gasteiger partial charge on any atom is -0.388 e. The molecule has 1 aliphatic heterocycles. The van der Waals surface area contributed by atoms with E-state index in [0.717, 1.165) is 50.2 Å². The Morgan fingerprint density at radius 2 is 1.84 bits per heavy atom. The number of H-pyrrole nitrogens is 1. The summed E-state index contributed by atoms with van der Waals surface area (Å²) in [5, 5.41) is 27.5. The number of sulfone groups is 1. The van der Waals surface area contributed by atoms with Gasteiger partial charge in [-0.1, -0.05) is 18.2 Å². The van der Waals surface area contributed by atoms with Crippen molar-refractivity contribution in [2.45, 2.75) is 31.5 Å². The number of fused-ring (bicyclic) bond motifs is 1. The summed E-state index contributed by atoms with van der Waals surface area (Å²) in [4.78, 5) is 12.2. The molecule has 5 aromatic rings. The third-order valence-corrected chi connectivity index (χ3v) is 9.76. The molecule has 0 radical (unpaired) electrons. The Bertz CT molecular complexity index is 1950. The van der Waals surface area contributed by atoms with E-state index in [1.165, 1.54) is 24.7 Å². The van der Waals surface area contributed by atoms with Gasteiger partial charge >= 0.3 is 0 Å². The Labute approximate surface area is 260 Å². The predicted octanol–water partition coefficient (Wildman–Crippen LogP) is 3.33. The van der Waals surface area contributed by atoms with Crippen LogP contribution in [0.25, 0.3) is 22.0 Å². The van der Waals surface area contributed by atoms with E-state index in [1.807, 2.05) is 54.7 Å². The smallest absolute Gasteiger partial charge is 0.169 e. The number of rotatable bonds is 11. The monoisotopic (exact) mass is 628 g/mol. The second-order valence-corrected chi connectivity index (χ2v) is 13.7. The summed E-state index contributed by atoms with van der Waals surface area (Å²) in [7, 11) is -3.04. The van der Waals surface area contributed by atoms with Gasteiger partial charge < -0.3 is 26.0 Å². The van der Waals surface area contributed by atoms with Gasteiger partial charge in [0.05, 0.1) is 28.2 Å². The first kappa shape index (κ1) is 30.4. The lowest BCUT2D eigenvalue weighted by Gasteiger charge is -2.32. The van der Waals surface area contributed by atoms with E-state index in [-0.39, 0.29) is 30.2 Å². The summed E-state index contributed by atoms with van der Waals surface area (Å²) in [5.41, 5.74) is 5.90. The van der Waals surface area contributed by atoms with Crippen LogP contribution in [-0.2, 0) is 22.9 Å². The Morgan fingerprint density at radius 1 is 1.00 bits per heavy atom. The molecule has 1 saturated heterocycles. The number of aliphatic hydroxyl groups is 1. The van der Waals surface area contributed by atoms with E-state index in [0.29, 0.717) is 25.5 Å². The number of hydrogen-bond acceptors (Lipinski definition) is 8. The fourth-order valence-corrected chi connectivity index (χ4v) is 7.08. The molecular formula is C33H35FN7O3S+. The van der Waals surface area contributed by atoms with Crippen molar-refractivity contribution < 1.29 is 23.3 Å². The number of nitrogens with one attached hydrogen (secondary N) is 4. The number of benzene rings is 3. The van der Waals surface area contributed by atoms with Crippen LogP contribution < -0.4 is 21.4 Å². The predicted molar refractivity (Wildman–Crippen MR) is 174 cm³/mol. The van der Waals surface area contributed by atoms with Crippen LogP contribution in [-0.4, -0.2) is 58.3 Å². The van der Waals surface area contributed by atoms with Crippen LogP contribution in [0.15, 0.2) is 79.3 Å². The highest BCUT2D eigenvalue weighted by Gasteiger charge is 2.34. The molecule has 0 unspecified atom stereocenters. The van der Waals surface area contributed by atoms with Crippen molar-refractivity contribution in [1.29, 1.82) is 0 Å². The van der Waals surface area contributed by atoms with Crippen molar-refractivity contribution in [2.24, 2.45) is 0 Å². The lowest BCUT2D eigenvalue weighted by molar-refractivity contribution is -0.104. The summed E-state index contributed by atoms with van der Waals surface area (Å²) in [6.07, 6.45) is 5.46. The van der Waals surface area contributed by atoms with E-state index >= 15 is 0 Å². The van der Waals surface area contributed by atoms with Crippen molar-refractivity contribution in [3.8, 4) is 11.1 Å². The lowest BCUT2D eigenvalue weighted by atomic mass is 9.97. The number of aromatic nitrogens is 3. The molecule has 0 saturated carbocycles. The van der Waals surface area contributed by atoms with Gasteiger partial charge in [-0.15, -0.1) is 0 Å². The molecule has 12 heteroatoms. The largest absolute Gasteiger partial charge is 0.388 e. The first-order valence-corrected chi connectivity index (χ1v) is 16.5. The minimum atomic E-state index is -3.04. The molecule has 232 valence electrons. The van der Waals surface area contributed by atoms with Gasteiger partial charge in [0.2, 0.25) is 0 Å². The average molecular weight is 629 g/mol. The summed E-state index contributed by atoms with van der Waals surface area (Å²) in [6.45, 7) is 1.29. The maximum absolute atomic E-state index is 13.6. The first-order valence-electron chi connectivity index (χ1n) is 14.7. The highest BCUT2D eigenvalue weighted by molar-refractivity contribution is 7.91. The number of anilines is 3. The summed E-state index contributed by atoms with van der Waals surface area (Å²) >= 11 is 0. The molecule has 45 heavy (non-hydrogen) atoms. The third kappa shape index (κ3) is 7.36. The van der Waals surface area contributed by atoms with Crippen molar-refractivity contribution >= 4 is 44.1 Å². The molecule has 1 fully saturated rings. The molecule has 6 rings (SSSR count). The number of aromatic amines is 1. The Kier molecular flexibility index (Phi) is 8.61. The van der Waals surface area contributed by atoms with Gasteiger partial charge in [-0.05, 0) is 78.1 Å². The van der Waals surface area contributed by atoms with E-state index in [4.69, 9.17) is 5.41 Å². The van der Waals surface area contributed by atoms with Gasteiger partial charge in [0.15, 0.2) is 16.1 Å². The standard InChI is InChI=1S/C33H34FN7O3S/c34-26-3-1-2-22(12-26)17-38-30-7-5-27(13-24(30)16-35)41-32-29-15-23(4-6-31(29)39-21-40-32)25-14-28(37-18-25)19-36-20-33(42)8-10-45(43,44)11-9-33/h1-7,12-16,18,21,35-38,42H,8-11,17,19-20H2,(H,39,40,41)/p+1. The van der Waals surface area contributed by atoms with Gasteiger partial charge in [0.25, 0.3) is 0 Å². The maximum Gasteiger partial charge on any atom is 0.169 e. The second-order valence-electron chi connectivity index (χ2n) is 11.4. The number of nitrogens with zero attached hydrogens (tertiary/aromatic N) is 2. The zero-order valence-electron chi connectivity index (χ0n) is 24.6. The van der Waals surface area contributed by atoms with Crippen molar-refractivity contribution in [3.63, 3.8) is 0 Å². The fraction of sp³-hybridized carbons (Fsp3) is 0.242. The van der Waals surface area contributed by atoms with Crippen LogP contribution in [0.3, 0.4) is 0 Å². The Hall–Kier alpha value is -4.65. The summed E-state index contributed by atoms with van der Waals surface area (Å²) < 4.78 is 37.0. The van der Waals surface area contributed by atoms with Crippen LogP contribution >= 0.6 is 0 Å². The van der Waals surface area contributed by atoms with E-state index in [9.17, 15) is 17.9 Å². The van der Waals surface area contributed by atoms with Crippen LogP contribution in [0.1, 0.15) is 29.7 Å². The molecule has 0 amide bonds. The normalized spacial score (nSPS) is 15.5. The van der Waals surface area contributed by atoms with Crippen molar-refractivity contribution in [3.05, 3.63) is 102 Å². The topological polar surface area (TPSA) is 158 Å². The second kappa shape index (κ2) is 12.8. The van der Waals surface area contributed by atoms with E-state index < -0.39 is 15.4 Å². The molecule has 0 aliphatic carbocycles. The van der Waals surface area contributed by atoms with Crippen LogP contribution in [0.4, 0.5) is 21.6 Å². The summed E-state index contributed by atoms with van der Waals surface area (Å²) in [6, 6.07) is 20.2. The molecule has 0 spiro atoms. The first-order chi connectivity index (χ1) is 21.7. The molecule has 3 aromatic carbocycles. The van der Waals surface area contributed by atoms with Crippen LogP contribution in [0, 0.1) is 5.82 Å². The maximum atomic E-state index is 13.6. The van der Waals surface area contributed by atoms with Gasteiger partial charge in [0, 0.05) is 48.3 Å². The van der Waals surface area contributed by atoms with Crippen LogP contribution in [0.2, 0.25) is 0 Å². The molecule has 2 aromatic heterocycles. The molecule has 10 nitrogen and oxygen atoms in total. The van der Waals surface area contributed by atoms with Gasteiger partial charge in [-0.2, -0.15) is 0 Å². The average Bonchev–Trinajstić information content (AvgIpc) is 3.51. The van der Waals surface area contributed by atoms with Gasteiger partial charge in [0.1, 0.15) is 18.0 Å². The quantitative estimate of drug-likeness (QED) is 0.122. The summed E-state index contributed by atoms with van der Waals surface area (Å²) in [5.74, 6) is 0.410. The lowest BCUT2D eigenvalue weighted by Crippen LogP contribution is -2.46. The SMILES string of the molecule is [NH2+]=Cc1cc(Nc2ncnc3ccc(-c4c[nH]c(CNCC5(O)CCS(=O)(=O)CC5)c4)cc23)ccc1NCc1cccc(F)c1. The van der Waals surface area contributed by atoms with E-state index in [1.54, 1.807) is 6.07 Å². The molecule has 0 bridgehead atoms. The molecular weight excluding hydrogens is 593 g/mol. The number of nitrogens with two attached hydrogens (primary N) is 1. The molecule has 0 atom stereocenters. The van der Waals surface area contributed by atoms with Crippen molar-refractivity contribution in [2.75, 3.05) is 28.7 Å². The van der Waals surface area contributed by atoms with Crippen molar-refractivity contribution in [1.82, 2.24) is 20.3 Å². The van der Waals surface area contributed by atoms with Crippen LogP contribution in [0.5, 0.6) is 0 Å². The number of hydrogen-bond donors (Lipinski definition) is 6. The van der Waals surface area contributed by atoms with E-state index in [2.05, 4.69) is 30.9 Å². The molecule has 1 aliphatic rings. The highest BCUT2D eigenvalue weighted by Crippen LogP contribution is 2.30.